The summed E-state index contributed by atoms with van der Waals surface area (Å²) in [5.74, 6) is 0.360. The molecule has 1 aromatic rings. The standard InChI is InChI=1S/C13H20N2O4/c1-4-13(14,5-2)9-19-11-8-6-7-10(18-3)12(11)15(16)17/h6-8H,4-5,9,14H2,1-3H3. The van der Waals surface area contributed by atoms with E-state index < -0.39 is 10.5 Å². The van der Waals surface area contributed by atoms with Crippen LogP contribution in [0.25, 0.3) is 0 Å². The number of methoxy groups -OCH3 is 1. The maximum absolute atomic E-state index is 11.1. The van der Waals surface area contributed by atoms with Crippen LogP contribution in [0.15, 0.2) is 18.2 Å². The molecule has 0 saturated heterocycles. The van der Waals surface area contributed by atoms with E-state index in [2.05, 4.69) is 0 Å². The van der Waals surface area contributed by atoms with Gasteiger partial charge in [0.25, 0.3) is 0 Å². The van der Waals surface area contributed by atoms with Crippen LogP contribution in [0.3, 0.4) is 0 Å². The van der Waals surface area contributed by atoms with Crippen LogP contribution in [0, 0.1) is 10.1 Å². The van der Waals surface area contributed by atoms with Crippen molar-refractivity contribution in [1.82, 2.24) is 0 Å². The Hall–Kier alpha value is -1.82. The molecule has 0 aliphatic carbocycles. The van der Waals surface area contributed by atoms with E-state index in [4.69, 9.17) is 15.2 Å². The summed E-state index contributed by atoms with van der Waals surface area (Å²) in [7, 11) is 1.39. The number of nitro groups is 1. The van der Waals surface area contributed by atoms with Gasteiger partial charge in [0, 0.05) is 5.54 Å². The lowest BCUT2D eigenvalue weighted by atomic mass is 9.96. The van der Waals surface area contributed by atoms with Gasteiger partial charge >= 0.3 is 5.69 Å². The van der Waals surface area contributed by atoms with Gasteiger partial charge in [-0.15, -0.1) is 0 Å². The van der Waals surface area contributed by atoms with Crippen molar-refractivity contribution < 1.29 is 14.4 Å². The summed E-state index contributed by atoms with van der Waals surface area (Å²) < 4.78 is 10.5. The molecule has 0 spiro atoms. The predicted octanol–water partition coefficient (Wildman–Crippen LogP) is 2.50. The van der Waals surface area contributed by atoms with E-state index in [1.807, 2.05) is 13.8 Å². The largest absolute Gasteiger partial charge is 0.490 e. The Morgan fingerprint density at radius 3 is 2.37 bits per heavy atom. The first-order chi connectivity index (χ1) is 8.97. The zero-order chi connectivity index (χ0) is 14.5. The summed E-state index contributed by atoms with van der Waals surface area (Å²) in [5.41, 5.74) is 5.47. The highest BCUT2D eigenvalue weighted by molar-refractivity contribution is 5.57. The van der Waals surface area contributed by atoms with Crippen molar-refractivity contribution in [3.63, 3.8) is 0 Å². The Labute approximate surface area is 112 Å². The molecular formula is C13H20N2O4. The highest BCUT2D eigenvalue weighted by atomic mass is 16.6. The van der Waals surface area contributed by atoms with Crippen LogP contribution in [0.5, 0.6) is 11.5 Å². The molecule has 1 rings (SSSR count). The van der Waals surface area contributed by atoms with Gasteiger partial charge in [0.15, 0.2) is 0 Å². The first kappa shape index (κ1) is 15.2. The minimum atomic E-state index is -0.510. The first-order valence-electron chi connectivity index (χ1n) is 6.20. The molecule has 0 aromatic heterocycles. The summed E-state index contributed by atoms with van der Waals surface area (Å²) in [6.45, 7) is 4.16. The molecule has 0 bridgehead atoms. The average molecular weight is 268 g/mol. The van der Waals surface area contributed by atoms with E-state index in [0.717, 1.165) is 12.8 Å². The summed E-state index contributed by atoms with van der Waals surface area (Å²) in [5, 5.41) is 11.1. The molecule has 0 saturated carbocycles. The molecule has 0 aliphatic heterocycles. The highest BCUT2D eigenvalue weighted by Crippen LogP contribution is 2.36. The molecule has 0 unspecified atom stereocenters. The quantitative estimate of drug-likeness (QED) is 0.606. The number of nitrogens with two attached hydrogens (primary N) is 1. The zero-order valence-corrected chi connectivity index (χ0v) is 11.5. The van der Waals surface area contributed by atoms with E-state index in [0.29, 0.717) is 0 Å². The van der Waals surface area contributed by atoms with Gasteiger partial charge in [-0.1, -0.05) is 19.9 Å². The number of nitro benzene ring substituents is 1. The van der Waals surface area contributed by atoms with E-state index in [-0.39, 0.29) is 23.8 Å². The monoisotopic (exact) mass is 268 g/mol. The van der Waals surface area contributed by atoms with Crippen LogP contribution in [0.4, 0.5) is 5.69 Å². The number of hydrogen-bond acceptors (Lipinski definition) is 5. The minimum absolute atomic E-state index is 0.167. The predicted molar refractivity (Wildman–Crippen MR) is 72.6 cm³/mol. The lowest BCUT2D eigenvalue weighted by Gasteiger charge is -2.26. The van der Waals surface area contributed by atoms with Crippen molar-refractivity contribution in [3.05, 3.63) is 28.3 Å². The Balaban J connectivity index is 2.98. The molecule has 106 valence electrons. The molecule has 0 fully saturated rings. The van der Waals surface area contributed by atoms with E-state index in [1.54, 1.807) is 12.1 Å². The van der Waals surface area contributed by atoms with Crippen LogP contribution < -0.4 is 15.2 Å². The van der Waals surface area contributed by atoms with Crippen LogP contribution in [-0.4, -0.2) is 24.2 Å². The van der Waals surface area contributed by atoms with Gasteiger partial charge in [0.05, 0.1) is 12.0 Å². The fraction of sp³-hybridized carbons (Fsp3) is 0.538. The Morgan fingerprint density at radius 1 is 1.32 bits per heavy atom. The zero-order valence-electron chi connectivity index (χ0n) is 11.5. The third-order valence-electron chi connectivity index (χ3n) is 3.29. The van der Waals surface area contributed by atoms with Gasteiger partial charge in [0.1, 0.15) is 6.61 Å². The van der Waals surface area contributed by atoms with Crippen molar-refractivity contribution in [2.75, 3.05) is 13.7 Å². The molecule has 0 atom stereocenters. The van der Waals surface area contributed by atoms with Gasteiger partial charge in [-0.05, 0) is 25.0 Å². The summed E-state index contributed by atoms with van der Waals surface area (Å²) in [6, 6.07) is 4.73. The van der Waals surface area contributed by atoms with Gasteiger partial charge in [-0.3, -0.25) is 10.1 Å². The van der Waals surface area contributed by atoms with E-state index in [1.165, 1.54) is 13.2 Å². The van der Waals surface area contributed by atoms with Crippen molar-refractivity contribution in [2.24, 2.45) is 5.73 Å². The lowest BCUT2D eigenvalue weighted by Crippen LogP contribution is -2.44. The van der Waals surface area contributed by atoms with Gasteiger partial charge in [0.2, 0.25) is 11.5 Å². The molecule has 0 heterocycles. The smallest absolute Gasteiger partial charge is 0.352 e. The van der Waals surface area contributed by atoms with Crippen LogP contribution in [-0.2, 0) is 0 Å². The fourth-order valence-corrected chi connectivity index (χ4v) is 1.64. The number of hydrogen-bond donors (Lipinski definition) is 1. The Bertz CT molecular complexity index is 444. The average Bonchev–Trinajstić information content (AvgIpc) is 2.43. The van der Waals surface area contributed by atoms with Gasteiger partial charge in [-0.25, -0.2) is 0 Å². The maximum Gasteiger partial charge on any atom is 0.352 e. The molecule has 6 nitrogen and oxygen atoms in total. The number of para-hydroxylation sites is 1. The molecular weight excluding hydrogens is 248 g/mol. The van der Waals surface area contributed by atoms with Crippen LogP contribution >= 0.6 is 0 Å². The Morgan fingerprint density at radius 2 is 1.89 bits per heavy atom. The van der Waals surface area contributed by atoms with Crippen molar-refractivity contribution in [2.45, 2.75) is 32.2 Å². The van der Waals surface area contributed by atoms with E-state index in [9.17, 15) is 10.1 Å². The summed E-state index contributed by atoms with van der Waals surface area (Å²) in [4.78, 5) is 10.6. The highest BCUT2D eigenvalue weighted by Gasteiger charge is 2.26. The normalized spacial score (nSPS) is 11.2. The molecule has 2 N–H and O–H groups in total. The number of rotatable bonds is 7. The third-order valence-corrected chi connectivity index (χ3v) is 3.29. The second-order valence-corrected chi connectivity index (χ2v) is 4.42. The molecule has 0 amide bonds. The molecule has 6 heteroatoms. The topological polar surface area (TPSA) is 87.6 Å². The van der Waals surface area contributed by atoms with Crippen molar-refractivity contribution in [3.8, 4) is 11.5 Å². The number of ether oxygens (including phenoxy) is 2. The molecule has 0 radical (unpaired) electrons. The fourth-order valence-electron chi connectivity index (χ4n) is 1.64. The van der Waals surface area contributed by atoms with Gasteiger partial charge < -0.3 is 15.2 Å². The number of benzene rings is 1. The van der Waals surface area contributed by atoms with E-state index >= 15 is 0 Å². The molecule has 1 aromatic carbocycles. The third kappa shape index (κ3) is 3.57. The second-order valence-electron chi connectivity index (χ2n) is 4.42. The van der Waals surface area contributed by atoms with Crippen molar-refractivity contribution >= 4 is 5.69 Å². The minimum Gasteiger partial charge on any atom is -0.490 e. The number of nitrogens with zero attached hydrogens (tertiary/aromatic N) is 1. The first-order valence-corrected chi connectivity index (χ1v) is 6.20. The van der Waals surface area contributed by atoms with Crippen LogP contribution in [0.1, 0.15) is 26.7 Å². The summed E-state index contributed by atoms with van der Waals surface area (Å²) in [6.07, 6.45) is 1.47. The lowest BCUT2D eigenvalue weighted by molar-refractivity contribution is -0.386. The maximum atomic E-state index is 11.1. The molecule has 0 aliphatic rings. The Kier molecular flexibility index (Phi) is 5.11. The van der Waals surface area contributed by atoms with Crippen molar-refractivity contribution in [1.29, 1.82) is 0 Å². The second kappa shape index (κ2) is 6.38. The van der Waals surface area contributed by atoms with Gasteiger partial charge in [-0.2, -0.15) is 0 Å². The van der Waals surface area contributed by atoms with Crippen LogP contribution in [0.2, 0.25) is 0 Å². The SMILES string of the molecule is CCC(N)(CC)COc1cccc(OC)c1[N+](=O)[O-]. The molecule has 19 heavy (non-hydrogen) atoms. The summed E-state index contributed by atoms with van der Waals surface area (Å²) >= 11 is 0.